The van der Waals surface area contributed by atoms with Crippen molar-refractivity contribution in [1.29, 1.82) is 0 Å². The molecular formula is C14H18N2O4. The van der Waals surface area contributed by atoms with E-state index in [1.54, 1.807) is 13.1 Å². The minimum Gasteiger partial charge on any atom is -0.469 e. The number of carbonyl (C=O) groups is 1. The van der Waals surface area contributed by atoms with Crippen LogP contribution in [0.5, 0.6) is 0 Å². The van der Waals surface area contributed by atoms with Crippen LogP contribution in [0.2, 0.25) is 0 Å². The summed E-state index contributed by atoms with van der Waals surface area (Å²) in [5, 5.41) is 0. The van der Waals surface area contributed by atoms with Gasteiger partial charge in [0.1, 0.15) is 0 Å². The quantitative estimate of drug-likeness (QED) is 0.837. The standard InChI is InChI=1S/C14H18N2O4/c1-16-11-7-6-9(8-12(11)20-14(16)18)10(15)4-3-5-13(17)19-2/h6-8,10H,3-5,15H2,1-2H3. The Kier molecular flexibility index (Phi) is 4.24. The highest BCUT2D eigenvalue weighted by atomic mass is 16.5. The van der Waals surface area contributed by atoms with Crippen LogP contribution in [0.25, 0.3) is 11.1 Å². The highest BCUT2D eigenvalue weighted by Gasteiger charge is 2.11. The number of benzene rings is 1. The van der Waals surface area contributed by atoms with Gasteiger partial charge in [-0.05, 0) is 30.5 Å². The van der Waals surface area contributed by atoms with Gasteiger partial charge in [0.05, 0.1) is 12.6 Å². The van der Waals surface area contributed by atoms with Crippen LogP contribution in [-0.2, 0) is 16.6 Å². The van der Waals surface area contributed by atoms with Crippen LogP contribution < -0.4 is 11.5 Å². The number of rotatable bonds is 5. The van der Waals surface area contributed by atoms with Gasteiger partial charge in [-0.2, -0.15) is 0 Å². The van der Waals surface area contributed by atoms with Crippen LogP contribution in [0.1, 0.15) is 30.9 Å². The maximum atomic E-state index is 11.4. The van der Waals surface area contributed by atoms with Crippen molar-refractivity contribution in [2.75, 3.05) is 7.11 Å². The Hall–Kier alpha value is -2.08. The second-order valence-electron chi connectivity index (χ2n) is 4.73. The predicted octanol–water partition coefficient (Wildman–Crippen LogP) is 1.47. The first kappa shape index (κ1) is 14.3. The average Bonchev–Trinajstić information content (AvgIpc) is 2.73. The molecule has 1 unspecified atom stereocenters. The first-order valence-corrected chi connectivity index (χ1v) is 6.45. The summed E-state index contributed by atoms with van der Waals surface area (Å²) in [6, 6.07) is 5.27. The zero-order valence-electron chi connectivity index (χ0n) is 11.6. The Morgan fingerprint density at radius 3 is 2.95 bits per heavy atom. The van der Waals surface area contributed by atoms with Gasteiger partial charge in [-0.25, -0.2) is 4.79 Å². The number of hydrogen-bond donors (Lipinski definition) is 1. The number of fused-ring (bicyclic) bond motifs is 1. The molecule has 0 aliphatic rings. The van der Waals surface area contributed by atoms with E-state index in [1.807, 2.05) is 12.1 Å². The van der Waals surface area contributed by atoms with Gasteiger partial charge in [0.15, 0.2) is 5.58 Å². The number of carbonyl (C=O) groups excluding carboxylic acids is 1. The molecule has 1 heterocycles. The van der Waals surface area contributed by atoms with Crippen LogP contribution in [0, 0.1) is 0 Å². The lowest BCUT2D eigenvalue weighted by Gasteiger charge is -2.11. The summed E-state index contributed by atoms with van der Waals surface area (Å²) in [6.45, 7) is 0. The number of oxazole rings is 1. The summed E-state index contributed by atoms with van der Waals surface area (Å²) in [4.78, 5) is 22.4. The molecule has 0 spiro atoms. The van der Waals surface area contributed by atoms with Gasteiger partial charge in [0, 0.05) is 19.5 Å². The molecule has 1 aromatic heterocycles. The third-order valence-corrected chi connectivity index (χ3v) is 3.37. The third-order valence-electron chi connectivity index (χ3n) is 3.37. The molecule has 0 amide bonds. The molecule has 108 valence electrons. The molecule has 0 fully saturated rings. The summed E-state index contributed by atoms with van der Waals surface area (Å²) >= 11 is 0. The molecule has 0 radical (unpaired) electrons. The minimum absolute atomic E-state index is 0.199. The molecule has 0 aliphatic heterocycles. The van der Waals surface area contributed by atoms with E-state index in [4.69, 9.17) is 10.2 Å². The molecule has 0 aliphatic carbocycles. The number of nitrogens with two attached hydrogens (primary N) is 1. The lowest BCUT2D eigenvalue weighted by atomic mass is 10.0. The monoisotopic (exact) mass is 278 g/mol. The van der Waals surface area contributed by atoms with Crippen molar-refractivity contribution >= 4 is 17.1 Å². The Balaban J connectivity index is 2.08. The average molecular weight is 278 g/mol. The molecule has 6 heteroatoms. The maximum absolute atomic E-state index is 11.4. The molecule has 0 saturated carbocycles. The predicted molar refractivity (Wildman–Crippen MR) is 74.3 cm³/mol. The summed E-state index contributed by atoms with van der Waals surface area (Å²) < 4.78 is 11.2. The Morgan fingerprint density at radius 2 is 2.25 bits per heavy atom. The number of nitrogens with zero attached hydrogens (tertiary/aromatic N) is 1. The van der Waals surface area contributed by atoms with Crippen molar-refractivity contribution in [3.8, 4) is 0 Å². The fraction of sp³-hybridized carbons (Fsp3) is 0.429. The zero-order chi connectivity index (χ0) is 14.7. The van der Waals surface area contributed by atoms with Crippen LogP contribution in [-0.4, -0.2) is 17.6 Å². The van der Waals surface area contributed by atoms with E-state index < -0.39 is 5.76 Å². The molecule has 6 nitrogen and oxygen atoms in total. The summed E-state index contributed by atoms with van der Waals surface area (Å²) in [5.74, 6) is -0.627. The van der Waals surface area contributed by atoms with Gasteiger partial charge >= 0.3 is 11.7 Å². The second-order valence-corrected chi connectivity index (χ2v) is 4.73. The van der Waals surface area contributed by atoms with Gasteiger partial charge in [0.2, 0.25) is 0 Å². The van der Waals surface area contributed by atoms with Gasteiger partial charge < -0.3 is 14.9 Å². The highest BCUT2D eigenvalue weighted by Crippen LogP contribution is 2.21. The first-order valence-electron chi connectivity index (χ1n) is 6.45. The van der Waals surface area contributed by atoms with E-state index in [-0.39, 0.29) is 12.0 Å². The smallest absolute Gasteiger partial charge is 0.419 e. The van der Waals surface area contributed by atoms with Crippen molar-refractivity contribution in [2.45, 2.75) is 25.3 Å². The van der Waals surface area contributed by atoms with Gasteiger partial charge in [-0.1, -0.05) is 6.07 Å². The van der Waals surface area contributed by atoms with Crippen molar-refractivity contribution in [1.82, 2.24) is 4.57 Å². The lowest BCUT2D eigenvalue weighted by molar-refractivity contribution is -0.140. The minimum atomic E-state index is -0.392. The molecular weight excluding hydrogens is 260 g/mol. The summed E-state index contributed by atoms with van der Waals surface area (Å²) in [5.41, 5.74) is 8.23. The number of esters is 1. The number of ether oxygens (including phenoxy) is 1. The number of hydrogen-bond acceptors (Lipinski definition) is 5. The molecule has 1 atom stereocenters. The fourth-order valence-corrected chi connectivity index (χ4v) is 2.12. The van der Waals surface area contributed by atoms with E-state index in [0.717, 1.165) is 11.1 Å². The van der Waals surface area contributed by atoms with E-state index in [2.05, 4.69) is 4.74 Å². The lowest BCUT2D eigenvalue weighted by Crippen LogP contribution is -2.11. The SMILES string of the molecule is COC(=O)CCCC(N)c1ccc2c(c1)oc(=O)n2C. The molecule has 2 N–H and O–H groups in total. The van der Waals surface area contributed by atoms with E-state index in [9.17, 15) is 9.59 Å². The van der Waals surface area contributed by atoms with Crippen molar-refractivity contribution in [3.63, 3.8) is 0 Å². The largest absolute Gasteiger partial charge is 0.469 e. The molecule has 20 heavy (non-hydrogen) atoms. The zero-order valence-corrected chi connectivity index (χ0v) is 11.6. The topological polar surface area (TPSA) is 87.5 Å². The summed E-state index contributed by atoms with van der Waals surface area (Å²) in [6.07, 6.45) is 1.68. The number of aryl methyl sites for hydroxylation is 1. The van der Waals surface area contributed by atoms with Gasteiger partial charge in [-0.3, -0.25) is 9.36 Å². The number of methoxy groups -OCH3 is 1. The second kappa shape index (κ2) is 5.92. The van der Waals surface area contributed by atoms with E-state index in [0.29, 0.717) is 24.8 Å². The summed E-state index contributed by atoms with van der Waals surface area (Å²) in [7, 11) is 3.03. The Labute approximate surface area is 116 Å². The van der Waals surface area contributed by atoms with Crippen molar-refractivity contribution in [2.24, 2.45) is 12.8 Å². The number of aromatic nitrogens is 1. The maximum Gasteiger partial charge on any atom is 0.419 e. The Bertz CT molecular complexity index is 671. The van der Waals surface area contributed by atoms with Crippen LogP contribution in [0.4, 0.5) is 0 Å². The first-order chi connectivity index (χ1) is 9.52. The van der Waals surface area contributed by atoms with E-state index >= 15 is 0 Å². The highest BCUT2D eigenvalue weighted by molar-refractivity contribution is 5.73. The molecule has 0 bridgehead atoms. The normalized spacial score (nSPS) is 12.6. The third kappa shape index (κ3) is 2.91. The van der Waals surface area contributed by atoms with Crippen LogP contribution >= 0.6 is 0 Å². The molecule has 0 saturated heterocycles. The van der Waals surface area contributed by atoms with Gasteiger partial charge in [-0.15, -0.1) is 0 Å². The van der Waals surface area contributed by atoms with Crippen molar-refractivity contribution in [3.05, 3.63) is 34.3 Å². The molecule has 2 aromatic rings. The fourth-order valence-electron chi connectivity index (χ4n) is 2.12. The van der Waals surface area contributed by atoms with Gasteiger partial charge in [0.25, 0.3) is 0 Å². The molecule has 2 rings (SSSR count). The van der Waals surface area contributed by atoms with Crippen LogP contribution in [0.15, 0.2) is 27.4 Å². The van der Waals surface area contributed by atoms with Crippen molar-refractivity contribution < 1.29 is 13.9 Å². The Morgan fingerprint density at radius 1 is 1.50 bits per heavy atom. The van der Waals surface area contributed by atoms with Crippen LogP contribution in [0.3, 0.4) is 0 Å². The van der Waals surface area contributed by atoms with E-state index in [1.165, 1.54) is 11.7 Å². The molecule has 1 aromatic carbocycles.